The highest BCUT2D eigenvalue weighted by Gasteiger charge is 2.06. The molecule has 2 aromatic rings. The Labute approximate surface area is 123 Å². The highest BCUT2D eigenvalue weighted by Crippen LogP contribution is 2.27. The van der Waals surface area contributed by atoms with Gasteiger partial charge in [0.1, 0.15) is 11.5 Å². The first-order valence-electron chi connectivity index (χ1n) is 6.29. The van der Waals surface area contributed by atoms with Crippen LogP contribution in [0.4, 0.5) is 0 Å². The molecule has 0 spiro atoms. The van der Waals surface area contributed by atoms with Crippen LogP contribution in [-0.2, 0) is 13.0 Å². The number of nitriles is 1. The van der Waals surface area contributed by atoms with E-state index in [1.165, 1.54) is 0 Å². The number of rotatable bonds is 5. The lowest BCUT2D eigenvalue weighted by Crippen LogP contribution is -2.06. The van der Waals surface area contributed by atoms with Crippen molar-refractivity contribution in [3.8, 4) is 17.6 Å². The molecule has 0 amide bonds. The quantitative estimate of drug-likeness (QED) is 0.906. The van der Waals surface area contributed by atoms with Gasteiger partial charge in [-0.2, -0.15) is 5.26 Å². The second-order valence-corrected chi connectivity index (χ2v) is 4.80. The lowest BCUT2D eigenvalue weighted by atomic mass is 10.1. The Kier molecular flexibility index (Phi) is 5.00. The summed E-state index contributed by atoms with van der Waals surface area (Å²) in [4.78, 5) is 0. The number of hydrogen-bond donors (Lipinski definition) is 1. The van der Waals surface area contributed by atoms with Crippen LogP contribution >= 0.6 is 11.6 Å². The molecule has 0 aliphatic carbocycles. The van der Waals surface area contributed by atoms with Crippen molar-refractivity contribution in [2.75, 3.05) is 7.05 Å². The minimum absolute atomic E-state index is 0.372. The third-order valence-electron chi connectivity index (χ3n) is 2.82. The van der Waals surface area contributed by atoms with Gasteiger partial charge in [0.2, 0.25) is 0 Å². The Hall–Kier alpha value is -2.02. The summed E-state index contributed by atoms with van der Waals surface area (Å²) in [6.45, 7) is 0.704. The van der Waals surface area contributed by atoms with E-state index in [2.05, 4.69) is 11.4 Å². The molecule has 2 rings (SSSR count). The molecule has 0 saturated heterocycles. The predicted octanol–water partition coefficient (Wildman–Crippen LogP) is 3.92. The van der Waals surface area contributed by atoms with Gasteiger partial charge < -0.3 is 10.1 Å². The second kappa shape index (κ2) is 6.95. The molecule has 4 heteroatoms. The van der Waals surface area contributed by atoms with E-state index in [9.17, 15) is 0 Å². The van der Waals surface area contributed by atoms with Gasteiger partial charge in [-0.05, 0) is 42.9 Å². The first kappa shape index (κ1) is 14.4. The van der Waals surface area contributed by atoms with Crippen LogP contribution in [0, 0.1) is 11.3 Å². The fourth-order valence-corrected chi connectivity index (χ4v) is 1.99. The number of nitrogens with zero attached hydrogens (tertiary/aromatic N) is 1. The number of benzene rings is 2. The van der Waals surface area contributed by atoms with Crippen LogP contribution in [0.1, 0.15) is 11.1 Å². The first-order valence-corrected chi connectivity index (χ1v) is 6.67. The summed E-state index contributed by atoms with van der Waals surface area (Å²) in [7, 11) is 1.88. The molecule has 20 heavy (non-hydrogen) atoms. The molecular weight excluding hydrogens is 272 g/mol. The lowest BCUT2D eigenvalue weighted by molar-refractivity contribution is 0.474. The predicted molar refractivity (Wildman–Crippen MR) is 80.0 cm³/mol. The largest absolute Gasteiger partial charge is 0.457 e. The molecule has 0 aliphatic rings. The Balaban J connectivity index is 2.29. The molecule has 0 bridgehead atoms. The van der Waals surface area contributed by atoms with Gasteiger partial charge in [0.05, 0.1) is 12.5 Å². The molecule has 0 aromatic heterocycles. The average Bonchev–Trinajstić information content (AvgIpc) is 2.45. The Morgan fingerprint density at radius 2 is 1.95 bits per heavy atom. The van der Waals surface area contributed by atoms with E-state index in [-0.39, 0.29) is 0 Å². The Morgan fingerprint density at radius 3 is 2.60 bits per heavy atom. The van der Waals surface area contributed by atoms with Crippen LogP contribution in [0.25, 0.3) is 0 Å². The average molecular weight is 287 g/mol. The van der Waals surface area contributed by atoms with E-state index in [1.807, 2.05) is 37.4 Å². The van der Waals surface area contributed by atoms with Crippen molar-refractivity contribution in [2.24, 2.45) is 0 Å². The van der Waals surface area contributed by atoms with Gasteiger partial charge in [0, 0.05) is 17.1 Å². The number of halogens is 1. The topological polar surface area (TPSA) is 45.0 Å². The van der Waals surface area contributed by atoms with Crippen molar-refractivity contribution < 1.29 is 4.74 Å². The van der Waals surface area contributed by atoms with Crippen LogP contribution in [-0.4, -0.2) is 7.05 Å². The van der Waals surface area contributed by atoms with Crippen molar-refractivity contribution in [2.45, 2.75) is 13.0 Å². The standard InChI is InChI=1S/C16H15ClN2O/c1-19-11-13-3-2-12(8-9-18)10-16(13)20-15-6-4-14(17)5-7-15/h2-7,10,19H,8,11H2,1H3. The molecular formula is C16H15ClN2O. The summed E-state index contributed by atoms with van der Waals surface area (Å²) in [5.74, 6) is 1.48. The van der Waals surface area contributed by atoms with E-state index < -0.39 is 0 Å². The Bertz CT molecular complexity index is 617. The molecule has 1 N–H and O–H groups in total. The second-order valence-electron chi connectivity index (χ2n) is 4.36. The highest BCUT2D eigenvalue weighted by molar-refractivity contribution is 6.30. The molecule has 0 heterocycles. The van der Waals surface area contributed by atoms with Crippen molar-refractivity contribution in [3.05, 3.63) is 58.6 Å². The van der Waals surface area contributed by atoms with Crippen LogP contribution in [0.2, 0.25) is 5.02 Å². The maximum absolute atomic E-state index is 8.79. The summed E-state index contributed by atoms with van der Waals surface area (Å²) >= 11 is 5.86. The smallest absolute Gasteiger partial charge is 0.132 e. The maximum atomic E-state index is 8.79. The molecule has 2 aromatic carbocycles. The Morgan fingerprint density at radius 1 is 1.20 bits per heavy atom. The monoisotopic (exact) mass is 286 g/mol. The molecule has 0 radical (unpaired) electrons. The number of ether oxygens (including phenoxy) is 1. The van der Waals surface area contributed by atoms with Crippen molar-refractivity contribution >= 4 is 11.6 Å². The SMILES string of the molecule is CNCc1ccc(CC#N)cc1Oc1ccc(Cl)cc1. The van der Waals surface area contributed by atoms with Crippen LogP contribution in [0.5, 0.6) is 11.5 Å². The van der Waals surface area contributed by atoms with E-state index in [0.717, 1.165) is 22.6 Å². The van der Waals surface area contributed by atoms with Gasteiger partial charge in [0.15, 0.2) is 0 Å². The van der Waals surface area contributed by atoms with Crippen molar-refractivity contribution in [3.63, 3.8) is 0 Å². The fourth-order valence-electron chi connectivity index (χ4n) is 1.86. The number of hydrogen-bond acceptors (Lipinski definition) is 3. The van der Waals surface area contributed by atoms with Crippen LogP contribution < -0.4 is 10.1 Å². The van der Waals surface area contributed by atoms with Crippen LogP contribution in [0.3, 0.4) is 0 Å². The van der Waals surface area contributed by atoms with Gasteiger partial charge in [-0.15, -0.1) is 0 Å². The van der Waals surface area contributed by atoms with Crippen molar-refractivity contribution in [1.29, 1.82) is 5.26 Å². The van der Waals surface area contributed by atoms with E-state index >= 15 is 0 Å². The summed E-state index contributed by atoms with van der Waals surface area (Å²) in [6, 6.07) is 15.2. The fraction of sp³-hybridized carbons (Fsp3) is 0.188. The summed E-state index contributed by atoms with van der Waals surface area (Å²) in [6.07, 6.45) is 0.372. The van der Waals surface area contributed by atoms with Crippen molar-refractivity contribution in [1.82, 2.24) is 5.32 Å². The van der Waals surface area contributed by atoms with Gasteiger partial charge in [0.25, 0.3) is 0 Å². The van der Waals surface area contributed by atoms with E-state index in [4.69, 9.17) is 21.6 Å². The van der Waals surface area contributed by atoms with Gasteiger partial charge >= 0.3 is 0 Å². The lowest BCUT2D eigenvalue weighted by Gasteiger charge is -2.12. The minimum atomic E-state index is 0.372. The van der Waals surface area contributed by atoms with E-state index in [0.29, 0.717) is 18.0 Å². The molecule has 3 nitrogen and oxygen atoms in total. The third kappa shape index (κ3) is 3.74. The molecule has 0 aliphatic heterocycles. The van der Waals surface area contributed by atoms with Gasteiger partial charge in [-0.1, -0.05) is 23.7 Å². The van der Waals surface area contributed by atoms with Gasteiger partial charge in [-0.25, -0.2) is 0 Å². The molecule has 0 saturated carbocycles. The summed E-state index contributed by atoms with van der Waals surface area (Å²) in [5.41, 5.74) is 1.99. The highest BCUT2D eigenvalue weighted by atomic mass is 35.5. The zero-order valence-corrected chi connectivity index (χ0v) is 11.9. The maximum Gasteiger partial charge on any atom is 0.132 e. The van der Waals surface area contributed by atoms with E-state index in [1.54, 1.807) is 12.1 Å². The molecule has 0 atom stereocenters. The third-order valence-corrected chi connectivity index (χ3v) is 3.08. The summed E-state index contributed by atoms with van der Waals surface area (Å²) in [5, 5.41) is 12.6. The molecule has 0 fully saturated rings. The van der Waals surface area contributed by atoms with Gasteiger partial charge in [-0.3, -0.25) is 0 Å². The zero-order chi connectivity index (χ0) is 14.4. The van der Waals surface area contributed by atoms with Crippen LogP contribution in [0.15, 0.2) is 42.5 Å². The minimum Gasteiger partial charge on any atom is -0.457 e. The summed E-state index contributed by atoms with van der Waals surface area (Å²) < 4.78 is 5.90. The first-order chi connectivity index (χ1) is 9.72. The number of nitrogens with one attached hydrogen (secondary N) is 1. The molecule has 102 valence electrons. The molecule has 0 unspecified atom stereocenters. The zero-order valence-electron chi connectivity index (χ0n) is 11.2. The normalized spacial score (nSPS) is 10.1.